The van der Waals surface area contributed by atoms with E-state index < -0.39 is 0 Å². The molecule has 1 aromatic heterocycles. The first-order chi connectivity index (χ1) is 8.61. The van der Waals surface area contributed by atoms with Gasteiger partial charge in [0.1, 0.15) is 0 Å². The Morgan fingerprint density at radius 2 is 1.94 bits per heavy atom. The summed E-state index contributed by atoms with van der Waals surface area (Å²) < 4.78 is 1.93. The Balaban J connectivity index is 1.95. The van der Waals surface area contributed by atoms with E-state index in [-0.39, 0.29) is 5.91 Å². The number of carbonyl (C=O) groups is 1. The first kappa shape index (κ1) is 15.0. The van der Waals surface area contributed by atoms with Gasteiger partial charge in [-0.3, -0.25) is 9.69 Å². The van der Waals surface area contributed by atoms with Gasteiger partial charge in [-0.25, -0.2) is 0 Å². The Morgan fingerprint density at radius 3 is 2.44 bits per heavy atom. The van der Waals surface area contributed by atoms with Gasteiger partial charge in [0, 0.05) is 42.5 Å². The molecule has 0 aliphatic carbocycles. The van der Waals surface area contributed by atoms with Gasteiger partial charge in [-0.05, 0) is 37.9 Å². The fourth-order valence-corrected chi connectivity index (χ4v) is 4.41. The second-order valence-corrected chi connectivity index (χ2v) is 8.07. The van der Waals surface area contributed by atoms with Gasteiger partial charge in [0.05, 0.1) is 8.66 Å². The molecule has 1 aliphatic heterocycles. The van der Waals surface area contributed by atoms with Gasteiger partial charge in [0.2, 0.25) is 0 Å². The van der Waals surface area contributed by atoms with E-state index in [1.807, 2.05) is 11.0 Å². The molecule has 100 valence electrons. The number of carbonyl (C=O) groups excluding carboxylic acids is 1. The molecule has 0 bridgehead atoms. The van der Waals surface area contributed by atoms with Gasteiger partial charge in [-0.2, -0.15) is 0 Å². The first-order valence-corrected chi connectivity index (χ1v) is 9.16. The fraction of sp³-hybridized carbons (Fsp3) is 0.545. The van der Waals surface area contributed by atoms with E-state index in [9.17, 15) is 4.79 Å². The van der Waals surface area contributed by atoms with Crippen molar-refractivity contribution in [3.63, 3.8) is 0 Å². The number of rotatable bonds is 3. The molecular formula is C11H13Br3N2OS. The quantitative estimate of drug-likeness (QED) is 0.645. The molecule has 1 saturated heterocycles. The van der Waals surface area contributed by atoms with Crippen LogP contribution in [0, 0.1) is 0 Å². The third kappa shape index (κ3) is 3.56. The summed E-state index contributed by atoms with van der Waals surface area (Å²) in [6, 6.07) is 1.89. The Kier molecular flexibility index (Phi) is 5.68. The summed E-state index contributed by atoms with van der Waals surface area (Å²) in [6.45, 7) is 4.62. The number of piperazine rings is 1. The highest BCUT2D eigenvalue weighted by Gasteiger charge is 2.23. The Labute approximate surface area is 136 Å². The zero-order valence-corrected chi connectivity index (χ0v) is 15.2. The van der Waals surface area contributed by atoms with E-state index in [0.29, 0.717) is 0 Å². The van der Waals surface area contributed by atoms with Crippen molar-refractivity contribution >= 4 is 65.0 Å². The Morgan fingerprint density at radius 1 is 1.28 bits per heavy atom. The van der Waals surface area contributed by atoms with Crippen molar-refractivity contribution in [1.29, 1.82) is 0 Å². The molecule has 0 atom stereocenters. The summed E-state index contributed by atoms with van der Waals surface area (Å²) in [4.78, 5) is 17.4. The molecule has 18 heavy (non-hydrogen) atoms. The molecule has 0 N–H and O–H groups in total. The van der Waals surface area contributed by atoms with Crippen molar-refractivity contribution in [2.45, 2.75) is 0 Å². The lowest BCUT2D eigenvalue weighted by atomic mass is 10.3. The van der Waals surface area contributed by atoms with Crippen LogP contribution in [-0.4, -0.2) is 53.8 Å². The number of nitrogens with zero attached hydrogens (tertiary/aromatic N) is 2. The summed E-state index contributed by atoms with van der Waals surface area (Å²) in [5, 5.41) is 0.992. The van der Waals surface area contributed by atoms with E-state index in [4.69, 9.17) is 0 Å². The van der Waals surface area contributed by atoms with Gasteiger partial charge >= 0.3 is 0 Å². The van der Waals surface area contributed by atoms with Gasteiger partial charge in [-0.15, -0.1) is 11.3 Å². The molecule has 2 heterocycles. The SMILES string of the molecule is O=C(c1cc(Br)c(Br)s1)N1CCN(CCBr)CC1. The number of hydrogen-bond donors (Lipinski definition) is 0. The molecule has 0 radical (unpaired) electrons. The van der Waals surface area contributed by atoms with Crippen molar-refractivity contribution in [3.8, 4) is 0 Å². The molecule has 1 aromatic rings. The van der Waals surface area contributed by atoms with Crippen LogP contribution in [0.3, 0.4) is 0 Å². The lowest BCUT2D eigenvalue weighted by Crippen LogP contribution is -2.48. The molecule has 0 unspecified atom stereocenters. The van der Waals surface area contributed by atoms with Crippen molar-refractivity contribution in [3.05, 3.63) is 19.2 Å². The Hall–Kier alpha value is 0.570. The fourth-order valence-electron chi connectivity index (χ4n) is 1.90. The number of thiophene rings is 1. The molecule has 7 heteroatoms. The maximum atomic E-state index is 12.3. The van der Waals surface area contributed by atoms with Crippen LogP contribution in [0.5, 0.6) is 0 Å². The molecule has 3 nitrogen and oxygen atoms in total. The molecule has 1 fully saturated rings. The minimum atomic E-state index is 0.143. The molecule has 0 spiro atoms. The topological polar surface area (TPSA) is 23.6 Å². The van der Waals surface area contributed by atoms with Crippen molar-refractivity contribution in [1.82, 2.24) is 9.80 Å². The van der Waals surface area contributed by atoms with Crippen LogP contribution < -0.4 is 0 Å². The number of halogens is 3. The summed E-state index contributed by atoms with van der Waals surface area (Å²) in [5.41, 5.74) is 0. The first-order valence-electron chi connectivity index (χ1n) is 5.64. The largest absolute Gasteiger partial charge is 0.335 e. The van der Waals surface area contributed by atoms with E-state index in [2.05, 4.69) is 52.7 Å². The van der Waals surface area contributed by atoms with Gasteiger partial charge < -0.3 is 4.90 Å². The van der Waals surface area contributed by atoms with Crippen LogP contribution in [0.15, 0.2) is 14.3 Å². The lowest BCUT2D eigenvalue weighted by molar-refractivity contribution is 0.0649. The molecular weight excluding hydrogens is 448 g/mol. The highest BCUT2D eigenvalue weighted by molar-refractivity contribution is 9.13. The van der Waals surface area contributed by atoms with Crippen LogP contribution in [0.25, 0.3) is 0 Å². The van der Waals surface area contributed by atoms with Gasteiger partial charge in [0.25, 0.3) is 5.91 Å². The zero-order chi connectivity index (χ0) is 13.1. The van der Waals surface area contributed by atoms with Crippen molar-refractivity contribution in [2.24, 2.45) is 0 Å². The molecule has 1 aliphatic rings. The summed E-state index contributed by atoms with van der Waals surface area (Å²) in [6.07, 6.45) is 0. The molecule has 1 amide bonds. The predicted molar refractivity (Wildman–Crippen MR) is 85.9 cm³/mol. The smallest absolute Gasteiger partial charge is 0.264 e. The number of amides is 1. The highest BCUT2D eigenvalue weighted by atomic mass is 79.9. The normalized spacial score (nSPS) is 17.2. The van der Waals surface area contributed by atoms with E-state index >= 15 is 0 Å². The zero-order valence-electron chi connectivity index (χ0n) is 9.66. The van der Waals surface area contributed by atoms with E-state index in [0.717, 1.165) is 51.2 Å². The average Bonchev–Trinajstić information content (AvgIpc) is 2.70. The maximum Gasteiger partial charge on any atom is 0.264 e. The van der Waals surface area contributed by atoms with Gasteiger partial charge in [0.15, 0.2) is 0 Å². The minimum Gasteiger partial charge on any atom is -0.335 e. The minimum absolute atomic E-state index is 0.143. The standard InChI is InChI=1S/C11H13Br3N2OS/c12-1-2-15-3-5-16(6-4-15)11(17)9-7-8(13)10(14)18-9/h7H,1-6H2. The third-order valence-electron chi connectivity index (χ3n) is 2.92. The second kappa shape index (κ2) is 6.83. The second-order valence-electron chi connectivity index (χ2n) is 4.06. The summed E-state index contributed by atoms with van der Waals surface area (Å²) in [5.74, 6) is 0.143. The molecule has 0 saturated carbocycles. The number of hydrogen-bond acceptors (Lipinski definition) is 3. The van der Waals surface area contributed by atoms with Crippen LogP contribution in [0.1, 0.15) is 9.67 Å². The van der Waals surface area contributed by atoms with Crippen molar-refractivity contribution in [2.75, 3.05) is 38.1 Å². The highest BCUT2D eigenvalue weighted by Crippen LogP contribution is 2.33. The third-order valence-corrected chi connectivity index (χ3v) is 6.52. The number of alkyl halides is 1. The van der Waals surface area contributed by atoms with E-state index in [1.54, 1.807) is 0 Å². The average molecular weight is 461 g/mol. The monoisotopic (exact) mass is 458 g/mol. The summed E-state index contributed by atoms with van der Waals surface area (Å²) in [7, 11) is 0. The molecule has 2 rings (SSSR count). The maximum absolute atomic E-state index is 12.3. The van der Waals surface area contributed by atoms with Crippen molar-refractivity contribution < 1.29 is 4.79 Å². The lowest BCUT2D eigenvalue weighted by Gasteiger charge is -2.34. The predicted octanol–water partition coefficient (Wildman–Crippen LogP) is 3.43. The van der Waals surface area contributed by atoms with Gasteiger partial charge in [-0.1, -0.05) is 15.9 Å². The summed E-state index contributed by atoms with van der Waals surface area (Å²) >= 11 is 11.8. The van der Waals surface area contributed by atoms with Crippen LogP contribution in [-0.2, 0) is 0 Å². The van der Waals surface area contributed by atoms with Crippen LogP contribution in [0.4, 0.5) is 0 Å². The van der Waals surface area contributed by atoms with Crippen LogP contribution in [0.2, 0.25) is 0 Å². The Bertz CT molecular complexity index is 410. The van der Waals surface area contributed by atoms with Crippen LogP contribution >= 0.6 is 59.1 Å². The van der Waals surface area contributed by atoms with E-state index in [1.165, 1.54) is 11.3 Å². The molecule has 0 aromatic carbocycles.